The molecule has 0 aromatic heterocycles. The molecule has 0 fully saturated rings. The maximum Gasteiger partial charge on any atom is 0.336 e. The van der Waals surface area contributed by atoms with Gasteiger partial charge in [0.1, 0.15) is 11.6 Å². The van der Waals surface area contributed by atoms with E-state index in [4.69, 9.17) is 9.47 Å². The Balaban J connectivity index is 1.83. The average molecular weight is 500 g/mol. The van der Waals surface area contributed by atoms with Gasteiger partial charge >= 0.3 is 5.97 Å². The van der Waals surface area contributed by atoms with Crippen LogP contribution in [0, 0.1) is 5.82 Å². The molecule has 0 unspecified atom stereocenters. The SMILES string of the molecule is COC(=O)C1=C(C)NC2=C(C(=O)C[C@H](c3ccccc3OC)C2)[C@H]1c1ccc(F)c(Br)c1. The molecule has 32 heavy (non-hydrogen) atoms. The van der Waals surface area contributed by atoms with E-state index < -0.39 is 17.7 Å². The summed E-state index contributed by atoms with van der Waals surface area (Å²) in [5, 5.41) is 3.29. The fourth-order valence-corrected chi connectivity index (χ4v) is 5.06. The Labute approximate surface area is 194 Å². The highest BCUT2D eigenvalue weighted by Gasteiger charge is 2.41. The van der Waals surface area contributed by atoms with Crippen molar-refractivity contribution in [3.8, 4) is 5.75 Å². The van der Waals surface area contributed by atoms with Crippen LogP contribution in [-0.4, -0.2) is 26.0 Å². The molecule has 0 spiro atoms. The Morgan fingerprint density at radius 1 is 1.16 bits per heavy atom. The number of methoxy groups -OCH3 is 2. The second kappa shape index (κ2) is 8.90. The molecule has 4 rings (SSSR count). The standard InChI is InChI=1S/C25H23BrFNO4/c1-13-22(25(30)32-3)23(14-8-9-18(27)17(26)10-14)24-19(28-13)11-15(12-20(24)29)16-6-4-5-7-21(16)31-2/h4-10,15,23,28H,11-12H2,1-3H3/t15-,23+/m1/s1. The number of carbonyl (C=O) groups excluding carboxylic acids is 2. The zero-order valence-corrected chi connectivity index (χ0v) is 19.6. The number of rotatable bonds is 4. The van der Waals surface area contributed by atoms with Crippen LogP contribution in [0.3, 0.4) is 0 Å². The number of para-hydroxylation sites is 1. The molecule has 2 atom stereocenters. The van der Waals surface area contributed by atoms with Crippen molar-refractivity contribution in [2.75, 3.05) is 14.2 Å². The second-order valence-corrected chi connectivity index (χ2v) is 8.78. The van der Waals surface area contributed by atoms with Crippen molar-refractivity contribution in [1.82, 2.24) is 5.32 Å². The van der Waals surface area contributed by atoms with E-state index in [9.17, 15) is 14.0 Å². The number of dihydropyridines is 1. The van der Waals surface area contributed by atoms with Crippen molar-refractivity contribution in [3.63, 3.8) is 0 Å². The van der Waals surface area contributed by atoms with Gasteiger partial charge in [-0.05, 0) is 58.6 Å². The Morgan fingerprint density at radius 2 is 1.91 bits per heavy atom. The van der Waals surface area contributed by atoms with Crippen LogP contribution in [-0.2, 0) is 14.3 Å². The predicted molar refractivity (Wildman–Crippen MR) is 122 cm³/mol. The van der Waals surface area contributed by atoms with Gasteiger partial charge in [-0.25, -0.2) is 9.18 Å². The van der Waals surface area contributed by atoms with Gasteiger partial charge in [-0.1, -0.05) is 24.3 Å². The molecule has 1 N–H and O–H groups in total. The molecule has 0 amide bonds. The highest BCUT2D eigenvalue weighted by atomic mass is 79.9. The minimum Gasteiger partial charge on any atom is -0.496 e. The molecule has 2 aromatic carbocycles. The number of carbonyl (C=O) groups is 2. The van der Waals surface area contributed by atoms with E-state index in [1.165, 1.54) is 13.2 Å². The quantitative estimate of drug-likeness (QED) is 0.590. The molecule has 2 aliphatic rings. The fraction of sp³-hybridized carbons (Fsp3) is 0.280. The van der Waals surface area contributed by atoms with E-state index in [1.54, 1.807) is 26.2 Å². The van der Waals surface area contributed by atoms with Crippen LogP contribution in [0.5, 0.6) is 5.75 Å². The molecular formula is C25H23BrFNO4. The van der Waals surface area contributed by atoms with Crippen molar-refractivity contribution in [3.05, 3.63) is 86.4 Å². The summed E-state index contributed by atoms with van der Waals surface area (Å²) in [7, 11) is 2.93. The third-order valence-electron chi connectivity index (χ3n) is 6.09. The number of esters is 1. The first-order valence-corrected chi connectivity index (χ1v) is 11.0. The lowest BCUT2D eigenvalue weighted by atomic mass is 9.71. The number of ether oxygens (including phenoxy) is 2. The van der Waals surface area contributed by atoms with E-state index in [2.05, 4.69) is 21.2 Å². The van der Waals surface area contributed by atoms with Crippen LogP contribution < -0.4 is 10.1 Å². The third-order valence-corrected chi connectivity index (χ3v) is 6.70. The number of halogens is 2. The van der Waals surface area contributed by atoms with Crippen LogP contribution in [0.15, 0.2) is 69.5 Å². The summed E-state index contributed by atoms with van der Waals surface area (Å²) in [6.45, 7) is 1.79. The minimum atomic E-state index is -0.637. The molecule has 0 saturated carbocycles. The molecular weight excluding hydrogens is 477 g/mol. The number of ketones is 1. The lowest BCUT2D eigenvalue weighted by molar-refractivity contribution is -0.136. The Hall–Kier alpha value is -2.93. The maximum atomic E-state index is 13.9. The monoisotopic (exact) mass is 499 g/mol. The van der Waals surface area contributed by atoms with Gasteiger partial charge in [-0.2, -0.15) is 0 Å². The summed E-state index contributed by atoms with van der Waals surface area (Å²) in [5.41, 5.74) is 3.89. The van der Waals surface area contributed by atoms with E-state index in [0.717, 1.165) is 17.0 Å². The molecule has 2 aromatic rings. The maximum absolute atomic E-state index is 13.9. The first kappa shape index (κ1) is 22.3. The van der Waals surface area contributed by atoms with E-state index in [1.807, 2.05) is 24.3 Å². The van der Waals surface area contributed by atoms with Gasteiger partial charge < -0.3 is 14.8 Å². The Kier molecular flexibility index (Phi) is 6.20. The van der Waals surface area contributed by atoms with Gasteiger partial charge in [-0.3, -0.25) is 4.79 Å². The molecule has 0 bridgehead atoms. The lowest BCUT2D eigenvalue weighted by Crippen LogP contribution is -2.36. The first-order chi connectivity index (χ1) is 15.3. The number of nitrogens with one attached hydrogen (secondary N) is 1. The normalized spacial score (nSPS) is 20.6. The lowest BCUT2D eigenvalue weighted by Gasteiger charge is -2.36. The van der Waals surface area contributed by atoms with Crippen molar-refractivity contribution in [2.45, 2.75) is 31.6 Å². The molecule has 0 radical (unpaired) electrons. The molecule has 1 aliphatic carbocycles. The summed E-state index contributed by atoms with van der Waals surface area (Å²) in [6.07, 6.45) is 0.874. The van der Waals surface area contributed by atoms with Crippen molar-refractivity contribution in [2.24, 2.45) is 0 Å². The van der Waals surface area contributed by atoms with Gasteiger partial charge in [0.05, 0.1) is 24.3 Å². The number of benzene rings is 2. The smallest absolute Gasteiger partial charge is 0.336 e. The Bertz CT molecular complexity index is 1170. The molecule has 1 aliphatic heterocycles. The Morgan fingerprint density at radius 3 is 2.59 bits per heavy atom. The van der Waals surface area contributed by atoms with Crippen molar-refractivity contribution >= 4 is 27.7 Å². The van der Waals surface area contributed by atoms with Gasteiger partial charge in [0.2, 0.25) is 0 Å². The third kappa shape index (κ3) is 3.86. The molecule has 7 heteroatoms. The number of Topliss-reactive ketones (excluding diaryl/α,β-unsaturated/α-hetero) is 1. The van der Waals surface area contributed by atoms with Gasteiger partial charge in [-0.15, -0.1) is 0 Å². The summed E-state index contributed by atoms with van der Waals surface area (Å²) >= 11 is 3.22. The average Bonchev–Trinajstić information content (AvgIpc) is 2.79. The summed E-state index contributed by atoms with van der Waals surface area (Å²) in [5.74, 6) is -0.949. The first-order valence-electron chi connectivity index (χ1n) is 10.3. The van der Waals surface area contributed by atoms with Gasteiger partial charge in [0, 0.05) is 35.2 Å². The summed E-state index contributed by atoms with van der Waals surface area (Å²) in [6, 6.07) is 12.2. The van der Waals surface area contributed by atoms with Gasteiger partial charge in [0.15, 0.2) is 5.78 Å². The van der Waals surface area contributed by atoms with Crippen molar-refractivity contribution < 1.29 is 23.5 Å². The fourth-order valence-electron chi connectivity index (χ4n) is 4.67. The predicted octanol–water partition coefficient (Wildman–Crippen LogP) is 5.13. The van der Waals surface area contributed by atoms with Crippen LogP contribution >= 0.6 is 15.9 Å². The van der Waals surface area contributed by atoms with Crippen LogP contribution in [0.1, 0.15) is 42.7 Å². The summed E-state index contributed by atoms with van der Waals surface area (Å²) in [4.78, 5) is 26.2. The van der Waals surface area contributed by atoms with E-state index in [-0.39, 0.29) is 22.6 Å². The highest BCUT2D eigenvalue weighted by molar-refractivity contribution is 9.10. The van der Waals surface area contributed by atoms with Crippen LogP contribution in [0.2, 0.25) is 0 Å². The largest absolute Gasteiger partial charge is 0.496 e. The molecule has 1 heterocycles. The number of allylic oxidation sites excluding steroid dienone is 3. The van der Waals surface area contributed by atoms with Crippen LogP contribution in [0.25, 0.3) is 0 Å². The number of hydrogen-bond acceptors (Lipinski definition) is 5. The molecule has 5 nitrogen and oxygen atoms in total. The number of hydrogen-bond donors (Lipinski definition) is 1. The van der Waals surface area contributed by atoms with Crippen molar-refractivity contribution in [1.29, 1.82) is 0 Å². The molecule has 0 saturated heterocycles. The molecule has 166 valence electrons. The van der Waals surface area contributed by atoms with E-state index in [0.29, 0.717) is 28.8 Å². The van der Waals surface area contributed by atoms with Crippen LogP contribution in [0.4, 0.5) is 4.39 Å². The zero-order valence-electron chi connectivity index (χ0n) is 18.0. The minimum absolute atomic E-state index is 0.0574. The highest BCUT2D eigenvalue weighted by Crippen LogP contribution is 2.47. The van der Waals surface area contributed by atoms with Gasteiger partial charge in [0.25, 0.3) is 0 Å². The zero-order chi connectivity index (χ0) is 23.0. The topological polar surface area (TPSA) is 64.6 Å². The second-order valence-electron chi connectivity index (χ2n) is 7.92. The van der Waals surface area contributed by atoms with E-state index >= 15 is 0 Å². The summed E-state index contributed by atoms with van der Waals surface area (Å²) < 4.78 is 24.7.